The molecule has 2 heterocycles. The lowest BCUT2D eigenvalue weighted by molar-refractivity contribution is -0.139. The van der Waals surface area contributed by atoms with Crippen molar-refractivity contribution >= 4 is 17.9 Å². The minimum atomic E-state index is -0.518. The van der Waals surface area contributed by atoms with Crippen LogP contribution in [0.5, 0.6) is 0 Å². The normalized spacial score (nSPS) is 27.5. The third kappa shape index (κ3) is 4.93. The number of piperidine rings is 1. The van der Waals surface area contributed by atoms with Crippen LogP contribution in [0, 0.1) is 17.3 Å². The third-order valence-corrected chi connectivity index (χ3v) is 6.67. The van der Waals surface area contributed by atoms with Crippen molar-refractivity contribution in [2.45, 2.75) is 58.5 Å². The third-order valence-electron chi connectivity index (χ3n) is 6.67. The molecule has 2 saturated heterocycles. The van der Waals surface area contributed by atoms with Gasteiger partial charge in [-0.05, 0) is 58.4 Å². The van der Waals surface area contributed by atoms with Crippen LogP contribution in [-0.2, 0) is 14.3 Å². The molecule has 0 radical (unpaired) electrons. The SMILES string of the molecule is C=CC(=O)N1CCC(C(=O)N2C[C@@H]3CCC[C@]3(CNC(=O)OC(C)(C)C)C2)CC1. The van der Waals surface area contributed by atoms with Crippen molar-refractivity contribution < 1.29 is 19.1 Å². The van der Waals surface area contributed by atoms with E-state index in [2.05, 4.69) is 11.9 Å². The molecular weight excluding hydrogens is 370 g/mol. The Balaban J connectivity index is 1.55. The summed E-state index contributed by atoms with van der Waals surface area (Å²) in [7, 11) is 0. The summed E-state index contributed by atoms with van der Waals surface area (Å²) in [6.07, 6.45) is 5.65. The number of likely N-dealkylation sites (tertiary alicyclic amines) is 2. The van der Waals surface area contributed by atoms with Gasteiger partial charge in [0.15, 0.2) is 0 Å². The molecule has 1 saturated carbocycles. The molecule has 7 heteroatoms. The monoisotopic (exact) mass is 405 g/mol. The summed E-state index contributed by atoms with van der Waals surface area (Å²) in [5.41, 5.74) is -0.553. The fraction of sp³-hybridized carbons (Fsp3) is 0.773. The Morgan fingerprint density at radius 3 is 2.48 bits per heavy atom. The van der Waals surface area contributed by atoms with Crippen molar-refractivity contribution in [3.63, 3.8) is 0 Å². The topological polar surface area (TPSA) is 79.0 Å². The van der Waals surface area contributed by atoms with Gasteiger partial charge in [-0.25, -0.2) is 4.79 Å². The maximum Gasteiger partial charge on any atom is 0.407 e. The Morgan fingerprint density at radius 1 is 1.17 bits per heavy atom. The van der Waals surface area contributed by atoms with E-state index in [0.717, 1.165) is 25.8 Å². The van der Waals surface area contributed by atoms with Crippen LogP contribution < -0.4 is 5.32 Å². The summed E-state index contributed by atoms with van der Waals surface area (Å²) >= 11 is 0. The summed E-state index contributed by atoms with van der Waals surface area (Å²) in [6, 6.07) is 0. The van der Waals surface area contributed by atoms with Gasteiger partial charge in [0, 0.05) is 44.1 Å². The number of hydrogen-bond donors (Lipinski definition) is 1. The lowest BCUT2D eigenvalue weighted by atomic mass is 9.81. The Labute approximate surface area is 173 Å². The smallest absolute Gasteiger partial charge is 0.407 e. The number of carbonyl (C=O) groups excluding carboxylic acids is 3. The number of fused-ring (bicyclic) bond motifs is 1. The molecular formula is C22H35N3O4. The molecule has 2 atom stereocenters. The van der Waals surface area contributed by atoms with Crippen LogP contribution in [0.25, 0.3) is 0 Å². The molecule has 2 aliphatic heterocycles. The van der Waals surface area contributed by atoms with Gasteiger partial charge in [0.2, 0.25) is 11.8 Å². The van der Waals surface area contributed by atoms with Gasteiger partial charge >= 0.3 is 6.09 Å². The summed E-state index contributed by atoms with van der Waals surface area (Å²) in [5, 5.41) is 2.95. The van der Waals surface area contributed by atoms with E-state index in [1.807, 2.05) is 25.7 Å². The number of alkyl carbamates (subject to hydrolysis) is 1. The van der Waals surface area contributed by atoms with E-state index in [4.69, 9.17) is 4.74 Å². The lowest BCUT2D eigenvalue weighted by Crippen LogP contribution is -2.45. The molecule has 3 amide bonds. The molecule has 3 rings (SSSR count). The summed E-state index contributed by atoms with van der Waals surface area (Å²) in [4.78, 5) is 40.8. The molecule has 29 heavy (non-hydrogen) atoms. The molecule has 0 unspecified atom stereocenters. The van der Waals surface area contributed by atoms with Crippen molar-refractivity contribution in [3.8, 4) is 0 Å². The van der Waals surface area contributed by atoms with Gasteiger partial charge in [-0.15, -0.1) is 0 Å². The minimum Gasteiger partial charge on any atom is -0.444 e. The van der Waals surface area contributed by atoms with Crippen LogP contribution in [0.2, 0.25) is 0 Å². The Morgan fingerprint density at radius 2 is 1.86 bits per heavy atom. The van der Waals surface area contributed by atoms with E-state index >= 15 is 0 Å². The maximum absolute atomic E-state index is 13.1. The molecule has 3 aliphatic rings. The predicted octanol–water partition coefficient (Wildman–Crippen LogP) is 2.56. The van der Waals surface area contributed by atoms with Crippen LogP contribution in [-0.4, -0.2) is 66.0 Å². The van der Waals surface area contributed by atoms with Gasteiger partial charge in [-0.2, -0.15) is 0 Å². The Kier molecular flexibility index (Phi) is 6.24. The van der Waals surface area contributed by atoms with Crippen LogP contribution in [0.4, 0.5) is 4.79 Å². The van der Waals surface area contributed by atoms with Gasteiger partial charge in [0.25, 0.3) is 0 Å². The number of nitrogens with zero attached hydrogens (tertiary/aromatic N) is 2. The highest BCUT2D eigenvalue weighted by molar-refractivity contribution is 5.87. The fourth-order valence-corrected chi connectivity index (χ4v) is 5.17. The van der Waals surface area contributed by atoms with E-state index in [1.165, 1.54) is 6.08 Å². The zero-order chi connectivity index (χ0) is 21.2. The number of rotatable bonds is 4. The summed E-state index contributed by atoms with van der Waals surface area (Å²) in [5.74, 6) is 0.572. The molecule has 162 valence electrons. The Hall–Kier alpha value is -2.05. The van der Waals surface area contributed by atoms with Crippen LogP contribution in [0.1, 0.15) is 52.9 Å². The molecule has 0 bridgehead atoms. The van der Waals surface area contributed by atoms with Crippen LogP contribution in [0.3, 0.4) is 0 Å². The number of nitrogens with one attached hydrogen (secondary N) is 1. The summed E-state index contributed by atoms with van der Waals surface area (Å²) < 4.78 is 5.38. The number of carbonyl (C=O) groups is 3. The van der Waals surface area contributed by atoms with Crippen molar-refractivity contribution in [2.24, 2.45) is 17.3 Å². The van der Waals surface area contributed by atoms with Crippen molar-refractivity contribution in [1.82, 2.24) is 15.1 Å². The molecule has 7 nitrogen and oxygen atoms in total. The highest BCUT2D eigenvalue weighted by Gasteiger charge is 2.51. The van der Waals surface area contributed by atoms with E-state index in [-0.39, 0.29) is 29.2 Å². The summed E-state index contributed by atoms with van der Waals surface area (Å²) in [6.45, 7) is 12.4. The second-order valence-electron chi connectivity index (χ2n) is 9.83. The standard InChI is InChI=1S/C22H35N3O4/c1-5-18(26)24-11-8-16(9-12-24)19(27)25-13-17-7-6-10-22(17,15-25)14-23-20(28)29-21(2,3)4/h5,16-17H,1,6-15H2,2-4H3,(H,23,28)/t17-,22-/m0/s1. The predicted molar refractivity (Wildman–Crippen MR) is 110 cm³/mol. The van der Waals surface area contributed by atoms with Crippen LogP contribution in [0.15, 0.2) is 12.7 Å². The molecule has 0 spiro atoms. The largest absolute Gasteiger partial charge is 0.444 e. The average Bonchev–Trinajstić information content (AvgIpc) is 3.21. The van der Waals surface area contributed by atoms with E-state index in [1.54, 1.807) is 4.90 Å². The maximum atomic E-state index is 13.1. The zero-order valence-electron chi connectivity index (χ0n) is 18.0. The second kappa shape index (κ2) is 8.36. The van der Waals surface area contributed by atoms with Crippen molar-refractivity contribution in [1.29, 1.82) is 0 Å². The van der Waals surface area contributed by atoms with Crippen molar-refractivity contribution in [3.05, 3.63) is 12.7 Å². The van der Waals surface area contributed by atoms with Crippen LogP contribution >= 0.6 is 0 Å². The first kappa shape index (κ1) is 21.7. The number of hydrogen-bond acceptors (Lipinski definition) is 4. The first-order valence-electron chi connectivity index (χ1n) is 10.8. The highest BCUT2D eigenvalue weighted by Crippen LogP contribution is 2.48. The highest BCUT2D eigenvalue weighted by atomic mass is 16.6. The second-order valence-corrected chi connectivity index (χ2v) is 9.83. The van der Waals surface area contributed by atoms with E-state index < -0.39 is 5.60 Å². The first-order valence-corrected chi connectivity index (χ1v) is 10.8. The molecule has 1 N–H and O–H groups in total. The molecule has 0 aromatic carbocycles. The molecule has 0 aromatic rings. The number of ether oxygens (including phenoxy) is 1. The van der Waals surface area contributed by atoms with E-state index in [0.29, 0.717) is 44.9 Å². The fourth-order valence-electron chi connectivity index (χ4n) is 5.17. The zero-order valence-corrected chi connectivity index (χ0v) is 18.0. The van der Waals surface area contributed by atoms with Gasteiger partial charge < -0.3 is 19.9 Å². The lowest BCUT2D eigenvalue weighted by Gasteiger charge is -2.33. The minimum absolute atomic E-state index is 0.0152. The van der Waals surface area contributed by atoms with Crippen molar-refractivity contribution in [2.75, 3.05) is 32.7 Å². The number of amides is 3. The van der Waals surface area contributed by atoms with E-state index in [9.17, 15) is 14.4 Å². The van der Waals surface area contributed by atoms with Gasteiger partial charge in [-0.3, -0.25) is 9.59 Å². The average molecular weight is 406 g/mol. The quantitative estimate of drug-likeness (QED) is 0.729. The van der Waals surface area contributed by atoms with Gasteiger partial charge in [0.1, 0.15) is 5.60 Å². The van der Waals surface area contributed by atoms with Gasteiger partial charge in [0.05, 0.1) is 0 Å². The van der Waals surface area contributed by atoms with Gasteiger partial charge in [-0.1, -0.05) is 13.0 Å². The molecule has 0 aromatic heterocycles. The molecule has 1 aliphatic carbocycles. The Bertz CT molecular complexity index is 663. The molecule has 3 fully saturated rings. The first-order chi connectivity index (χ1) is 13.6.